The second-order valence-electron chi connectivity index (χ2n) is 10.8. The average molecular weight is 518 g/mol. The number of alkyl carbamates (subject to hydrolysis) is 1. The highest BCUT2D eigenvalue weighted by Crippen LogP contribution is 2.29. The molecule has 0 bridgehead atoms. The Hall–Kier alpha value is -4.14. The van der Waals surface area contributed by atoms with E-state index < -0.39 is 29.7 Å². The fourth-order valence-corrected chi connectivity index (χ4v) is 4.73. The number of anilines is 1. The molecule has 5 N–H and O–H groups in total. The van der Waals surface area contributed by atoms with Crippen molar-refractivity contribution in [1.82, 2.24) is 20.9 Å². The molecule has 9 nitrogen and oxygen atoms in total. The van der Waals surface area contributed by atoms with Crippen LogP contribution in [-0.4, -0.2) is 40.6 Å². The summed E-state index contributed by atoms with van der Waals surface area (Å²) in [6, 6.07) is 13.9. The number of rotatable bonds is 7. The fraction of sp³-hybridized carbons (Fsp3) is 0.379. The summed E-state index contributed by atoms with van der Waals surface area (Å²) in [7, 11) is 0. The molecule has 3 amide bonds. The van der Waals surface area contributed by atoms with Gasteiger partial charge in [-0.2, -0.15) is 0 Å². The molecule has 38 heavy (non-hydrogen) atoms. The second-order valence-corrected chi connectivity index (χ2v) is 10.8. The van der Waals surface area contributed by atoms with Gasteiger partial charge in [0.2, 0.25) is 11.8 Å². The van der Waals surface area contributed by atoms with Gasteiger partial charge in [-0.05, 0) is 80.7 Å². The molecule has 9 heteroatoms. The zero-order chi connectivity index (χ0) is 27.4. The number of carbonyl (C=O) groups is 3. The van der Waals surface area contributed by atoms with Crippen molar-refractivity contribution in [2.24, 2.45) is 5.92 Å². The number of hydrogen-bond acceptors (Lipinski definition) is 6. The summed E-state index contributed by atoms with van der Waals surface area (Å²) in [6.45, 7) is 7.20. The average Bonchev–Trinajstić information content (AvgIpc) is 3.28. The predicted octanol–water partition coefficient (Wildman–Crippen LogP) is 3.25. The Bertz CT molecular complexity index is 1330. The first-order chi connectivity index (χ1) is 18.0. The van der Waals surface area contributed by atoms with Crippen LogP contribution in [0.4, 0.5) is 10.6 Å². The highest BCUT2D eigenvalue weighted by molar-refractivity contribution is 5.92. The maximum atomic E-state index is 13.4. The minimum Gasteiger partial charge on any atom is -0.444 e. The van der Waals surface area contributed by atoms with Gasteiger partial charge in [-0.3, -0.25) is 9.59 Å². The van der Waals surface area contributed by atoms with Crippen LogP contribution in [0.15, 0.2) is 54.7 Å². The quantitative estimate of drug-likeness (QED) is 0.380. The van der Waals surface area contributed by atoms with Crippen molar-refractivity contribution in [2.45, 2.75) is 64.8 Å². The number of aromatic nitrogens is 1. The lowest BCUT2D eigenvalue weighted by Crippen LogP contribution is -2.56. The summed E-state index contributed by atoms with van der Waals surface area (Å²) in [5.74, 6) is -0.465. The van der Waals surface area contributed by atoms with Crippen molar-refractivity contribution >= 4 is 34.5 Å². The van der Waals surface area contributed by atoms with Crippen molar-refractivity contribution in [3.8, 4) is 0 Å². The lowest BCUT2D eigenvalue weighted by molar-refractivity contribution is -0.130. The Labute approximate surface area is 222 Å². The molecule has 4 rings (SSSR count). The molecule has 0 saturated heterocycles. The Balaban J connectivity index is 1.39. The van der Waals surface area contributed by atoms with Crippen LogP contribution >= 0.6 is 0 Å². The number of nitrogens with two attached hydrogens (primary N) is 1. The van der Waals surface area contributed by atoms with Crippen LogP contribution in [0.25, 0.3) is 10.8 Å². The third-order valence-corrected chi connectivity index (χ3v) is 6.59. The van der Waals surface area contributed by atoms with E-state index in [4.69, 9.17) is 10.5 Å². The Morgan fingerprint density at radius 1 is 1.03 bits per heavy atom. The number of hydrogen-bond donors (Lipinski definition) is 4. The van der Waals surface area contributed by atoms with Gasteiger partial charge in [0.1, 0.15) is 23.5 Å². The molecule has 0 radical (unpaired) electrons. The van der Waals surface area contributed by atoms with Crippen molar-refractivity contribution in [3.05, 3.63) is 71.4 Å². The number of pyridine rings is 1. The van der Waals surface area contributed by atoms with E-state index in [1.54, 1.807) is 33.9 Å². The van der Waals surface area contributed by atoms with Crippen LogP contribution in [0.3, 0.4) is 0 Å². The summed E-state index contributed by atoms with van der Waals surface area (Å²) in [4.78, 5) is 42.9. The van der Waals surface area contributed by atoms with E-state index in [-0.39, 0.29) is 18.4 Å². The number of nitrogens with zero attached hydrogens (tertiary/aromatic N) is 1. The lowest BCUT2D eigenvalue weighted by Gasteiger charge is -2.27. The van der Waals surface area contributed by atoms with Gasteiger partial charge in [0.15, 0.2) is 0 Å². The van der Waals surface area contributed by atoms with Crippen LogP contribution in [0, 0.1) is 5.92 Å². The van der Waals surface area contributed by atoms with Crippen LogP contribution in [0.2, 0.25) is 0 Å². The first kappa shape index (κ1) is 26.9. The molecule has 3 aromatic rings. The fourth-order valence-electron chi connectivity index (χ4n) is 4.73. The molecule has 0 fully saturated rings. The standard InChI is InChI=1S/C29H35N5O4/c1-17(26(35)32-16-18-9-10-23-21(13-18)11-12-31-25(23)30)33-27(36)24(34-28(37)38-29(2,3)4)22-14-19-7-5-6-8-20(19)15-22/h5-13,17,22,24H,14-16H2,1-4H3,(H2,30,31)(H,32,35)(H,33,36)(H,34,37)/t17-,24+/m0/s1. The van der Waals surface area contributed by atoms with E-state index in [1.165, 1.54) is 0 Å². The summed E-state index contributed by atoms with van der Waals surface area (Å²) < 4.78 is 5.41. The van der Waals surface area contributed by atoms with Gasteiger partial charge in [0.25, 0.3) is 0 Å². The zero-order valence-corrected chi connectivity index (χ0v) is 22.2. The van der Waals surface area contributed by atoms with Crippen molar-refractivity contribution in [3.63, 3.8) is 0 Å². The number of fused-ring (bicyclic) bond motifs is 2. The molecule has 1 aliphatic rings. The number of nitrogen functional groups attached to an aromatic ring is 1. The van der Waals surface area contributed by atoms with Crippen molar-refractivity contribution in [1.29, 1.82) is 0 Å². The summed E-state index contributed by atoms with van der Waals surface area (Å²) in [5.41, 5.74) is 8.40. The first-order valence-corrected chi connectivity index (χ1v) is 12.8. The molecule has 1 aliphatic carbocycles. The van der Waals surface area contributed by atoms with Gasteiger partial charge in [-0.15, -0.1) is 0 Å². The smallest absolute Gasteiger partial charge is 0.408 e. The topological polar surface area (TPSA) is 135 Å². The Morgan fingerprint density at radius 2 is 1.71 bits per heavy atom. The number of amides is 3. The minimum atomic E-state index is -0.855. The van der Waals surface area contributed by atoms with E-state index in [0.29, 0.717) is 18.7 Å². The number of benzene rings is 2. The molecule has 0 saturated carbocycles. The van der Waals surface area contributed by atoms with Gasteiger partial charge in [-0.25, -0.2) is 9.78 Å². The zero-order valence-electron chi connectivity index (χ0n) is 22.2. The maximum Gasteiger partial charge on any atom is 0.408 e. The lowest BCUT2D eigenvalue weighted by atomic mass is 9.95. The first-order valence-electron chi connectivity index (χ1n) is 12.8. The number of nitrogens with one attached hydrogen (secondary N) is 3. The number of carbonyl (C=O) groups excluding carboxylic acids is 3. The molecule has 200 valence electrons. The second kappa shape index (κ2) is 11.1. The highest BCUT2D eigenvalue weighted by atomic mass is 16.6. The van der Waals surface area contributed by atoms with E-state index in [2.05, 4.69) is 20.9 Å². The number of ether oxygens (including phenoxy) is 1. The van der Waals surface area contributed by atoms with E-state index in [1.807, 2.05) is 48.5 Å². The molecule has 0 unspecified atom stereocenters. The van der Waals surface area contributed by atoms with E-state index in [9.17, 15) is 14.4 Å². The molecule has 2 atom stereocenters. The van der Waals surface area contributed by atoms with Gasteiger partial charge in [0.05, 0.1) is 0 Å². The van der Waals surface area contributed by atoms with Crippen LogP contribution in [0.5, 0.6) is 0 Å². The third-order valence-electron chi connectivity index (χ3n) is 6.59. The molecule has 1 heterocycles. The SMILES string of the molecule is C[C@H](NC(=O)[C@H](NC(=O)OC(C)(C)C)C1Cc2ccccc2C1)C(=O)NCc1ccc2c(N)nccc2c1. The summed E-state index contributed by atoms with van der Waals surface area (Å²) in [5, 5.41) is 10.2. The Kier molecular flexibility index (Phi) is 7.85. The molecule has 1 aromatic heterocycles. The predicted molar refractivity (Wildman–Crippen MR) is 146 cm³/mol. The van der Waals surface area contributed by atoms with Crippen molar-refractivity contribution in [2.75, 3.05) is 5.73 Å². The van der Waals surface area contributed by atoms with Gasteiger partial charge in [0, 0.05) is 18.1 Å². The van der Waals surface area contributed by atoms with Crippen LogP contribution in [0.1, 0.15) is 44.4 Å². The van der Waals surface area contributed by atoms with Gasteiger partial charge < -0.3 is 26.4 Å². The normalized spacial score (nSPS) is 14.8. The highest BCUT2D eigenvalue weighted by Gasteiger charge is 2.36. The molecular formula is C29H35N5O4. The molecule has 0 aliphatic heterocycles. The summed E-state index contributed by atoms with van der Waals surface area (Å²) >= 11 is 0. The minimum absolute atomic E-state index is 0.158. The third kappa shape index (κ3) is 6.59. The van der Waals surface area contributed by atoms with Crippen LogP contribution in [-0.2, 0) is 33.7 Å². The van der Waals surface area contributed by atoms with Crippen LogP contribution < -0.4 is 21.7 Å². The van der Waals surface area contributed by atoms with Gasteiger partial charge in [-0.1, -0.05) is 36.4 Å². The molecule has 2 aromatic carbocycles. The molecular weight excluding hydrogens is 482 g/mol. The maximum absolute atomic E-state index is 13.4. The van der Waals surface area contributed by atoms with Gasteiger partial charge >= 0.3 is 6.09 Å². The largest absolute Gasteiger partial charge is 0.444 e. The Morgan fingerprint density at radius 3 is 2.37 bits per heavy atom. The van der Waals surface area contributed by atoms with Crippen molar-refractivity contribution < 1.29 is 19.1 Å². The monoisotopic (exact) mass is 517 g/mol. The summed E-state index contributed by atoms with van der Waals surface area (Å²) in [6.07, 6.45) is 2.26. The van der Waals surface area contributed by atoms with E-state index >= 15 is 0 Å². The van der Waals surface area contributed by atoms with E-state index in [0.717, 1.165) is 27.5 Å². The molecule has 0 spiro atoms.